The van der Waals surface area contributed by atoms with E-state index in [2.05, 4.69) is 59.5 Å². The number of carboxylic acids is 1. The summed E-state index contributed by atoms with van der Waals surface area (Å²) in [4.78, 5) is 13.2. The first-order chi connectivity index (χ1) is 17.1. The van der Waals surface area contributed by atoms with Crippen LogP contribution in [0.2, 0.25) is 0 Å². The Hall–Kier alpha value is -2.47. The van der Waals surface area contributed by atoms with Crippen LogP contribution >= 0.6 is 0 Å². The van der Waals surface area contributed by atoms with Crippen LogP contribution in [-0.4, -0.2) is 52.4 Å². The fraction of sp³-hybridized carbons (Fsp3) is 0.500. The first kappa shape index (κ1) is 25.6. The summed E-state index contributed by atoms with van der Waals surface area (Å²) in [5.74, 6) is -0.486. The van der Waals surface area contributed by atoms with Gasteiger partial charge in [0.05, 0.1) is 18.8 Å². The summed E-state index contributed by atoms with van der Waals surface area (Å²) in [6.07, 6.45) is 10.6. The van der Waals surface area contributed by atoms with E-state index in [4.69, 9.17) is 9.84 Å². The number of nitrogens with zero attached hydrogens (tertiary/aromatic N) is 1. The van der Waals surface area contributed by atoms with E-state index >= 15 is 0 Å². The molecule has 0 aromatic heterocycles. The van der Waals surface area contributed by atoms with Gasteiger partial charge in [-0.3, -0.25) is 9.69 Å². The summed E-state index contributed by atoms with van der Waals surface area (Å²) < 4.78 is 6.46. The number of hydrogen-bond acceptors (Lipinski definition) is 4. The fourth-order valence-corrected chi connectivity index (χ4v) is 5.69. The van der Waals surface area contributed by atoms with Crippen molar-refractivity contribution in [3.8, 4) is 11.1 Å². The van der Waals surface area contributed by atoms with E-state index in [0.717, 1.165) is 31.5 Å². The summed E-state index contributed by atoms with van der Waals surface area (Å²) in [6.45, 7) is 2.66. The average molecular weight is 478 g/mol. The van der Waals surface area contributed by atoms with E-state index in [1.165, 1.54) is 30.4 Å². The molecule has 1 saturated carbocycles. The van der Waals surface area contributed by atoms with Crippen molar-refractivity contribution in [2.75, 3.05) is 13.1 Å². The smallest absolute Gasteiger partial charge is 0.303 e. The predicted octanol–water partition coefficient (Wildman–Crippen LogP) is 5.68. The minimum absolute atomic E-state index is 0.0261. The van der Waals surface area contributed by atoms with Gasteiger partial charge in [-0.05, 0) is 61.9 Å². The van der Waals surface area contributed by atoms with E-state index in [0.29, 0.717) is 19.4 Å². The molecule has 4 atom stereocenters. The Bertz CT molecular complexity index is 937. The van der Waals surface area contributed by atoms with Crippen LogP contribution in [0.15, 0.2) is 66.7 Å². The maximum Gasteiger partial charge on any atom is 0.303 e. The summed E-state index contributed by atoms with van der Waals surface area (Å²) in [7, 11) is 0. The minimum Gasteiger partial charge on any atom is -0.481 e. The van der Waals surface area contributed by atoms with Crippen molar-refractivity contribution < 1.29 is 19.7 Å². The maximum atomic E-state index is 11.0. The molecule has 0 spiro atoms. The number of rotatable bonds is 11. The number of aliphatic hydroxyl groups is 1. The molecule has 1 heterocycles. The molecule has 2 aromatic rings. The molecule has 5 heteroatoms. The molecule has 1 aliphatic carbocycles. The summed E-state index contributed by atoms with van der Waals surface area (Å²) >= 11 is 0. The van der Waals surface area contributed by atoms with Crippen LogP contribution < -0.4 is 0 Å². The number of ether oxygens (including phenoxy) is 1. The Morgan fingerprint density at radius 1 is 0.943 bits per heavy atom. The number of carbonyl (C=O) groups is 1. The van der Waals surface area contributed by atoms with Gasteiger partial charge in [0.15, 0.2) is 0 Å². The van der Waals surface area contributed by atoms with Gasteiger partial charge in [-0.1, -0.05) is 73.2 Å². The Morgan fingerprint density at radius 3 is 2.34 bits per heavy atom. The lowest BCUT2D eigenvalue weighted by atomic mass is 9.92. The topological polar surface area (TPSA) is 70.0 Å². The molecular weight excluding hydrogens is 438 g/mol. The average Bonchev–Trinajstić information content (AvgIpc) is 3.20. The number of aliphatic carboxylic acids is 1. The number of carboxylic acid groups (broad SMARTS) is 1. The number of hydrogen-bond donors (Lipinski definition) is 2. The van der Waals surface area contributed by atoms with Crippen LogP contribution in [-0.2, 0) is 16.1 Å². The highest BCUT2D eigenvalue weighted by Gasteiger charge is 2.45. The quantitative estimate of drug-likeness (QED) is 0.408. The van der Waals surface area contributed by atoms with Crippen molar-refractivity contribution in [3.63, 3.8) is 0 Å². The van der Waals surface area contributed by atoms with Crippen molar-refractivity contribution in [2.24, 2.45) is 5.92 Å². The number of piperidine rings is 1. The van der Waals surface area contributed by atoms with Gasteiger partial charge in [-0.25, -0.2) is 0 Å². The Morgan fingerprint density at radius 2 is 1.63 bits per heavy atom. The second-order valence-electron chi connectivity index (χ2n) is 9.95. The lowest BCUT2D eigenvalue weighted by Crippen LogP contribution is -2.47. The van der Waals surface area contributed by atoms with E-state index in [-0.39, 0.29) is 30.6 Å². The molecule has 2 aromatic carbocycles. The van der Waals surface area contributed by atoms with E-state index < -0.39 is 5.97 Å². The second-order valence-corrected chi connectivity index (χ2v) is 9.95. The van der Waals surface area contributed by atoms with Crippen molar-refractivity contribution in [1.29, 1.82) is 0 Å². The van der Waals surface area contributed by atoms with E-state index in [1.807, 2.05) is 12.1 Å². The molecule has 188 valence electrons. The van der Waals surface area contributed by atoms with Gasteiger partial charge in [0, 0.05) is 24.8 Å². The first-order valence-corrected chi connectivity index (χ1v) is 13.2. The third-order valence-corrected chi connectivity index (χ3v) is 7.48. The molecule has 1 saturated heterocycles. The van der Waals surface area contributed by atoms with Gasteiger partial charge in [0.2, 0.25) is 0 Å². The number of benzene rings is 2. The minimum atomic E-state index is -0.760. The molecule has 1 unspecified atom stereocenters. The predicted molar refractivity (Wildman–Crippen MR) is 139 cm³/mol. The van der Waals surface area contributed by atoms with Crippen LogP contribution in [0, 0.1) is 5.92 Å². The van der Waals surface area contributed by atoms with Gasteiger partial charge in [-0.15, -0.1) is 0 Å². The normalized spacial score (nSPS) is 25.3. The van der Waals surface area contributed by atoms with Crippen LogP contribution in [0.1, 0.15) is 56.9 Å². The Labute approximate surface area is 209 Å². The molecule has 2 aliphatic rings. The number of likely N-dealkylation sites (tertiary alicyclic amines) is 1. The van der Waals surface area contributed by atoms with E-state index in [1.54, 1.807) is 0 Å². The monoisotopic (exact) mass is 477 g/mol. The first-order valence-electron chi connectivity index (χ1n) is 13.2. The number of aliphatic hydroxyl groups excluding tert-OH is 1. The zero-order valence-corrected chi connectivity index (χ0v) is 20.6. The summed E-state index contributed by atoms with van der Waals surface area (Å²) in [5.41, 5.74) is 3.55. The fourth-order valence-electron chi connectivity index (χ4n) is 5.69. The standard InChI is InChI=1S/C30H39NO4/c32-27-21-28(35-22-23-15-17-25(18-16-23)24-11-5-3-6-12-24)26(13-7-1-2-8-14-29(33)34)30(27)31-19-9-4-10-20-31/h1-3,5-6,11-12,15-18,26-28,30,32H,4,7-10,13-14,19-22H2,(H,33,34)/b2-1-/t26?,27-,28-,30+/m0/s1. The Balaban J connectivity index is 1.37. The highest BCUT2D eigenvalue weighted by Crippen LogP contribution is 2.38. The van der Waals surface area contributed by atoms with Gasteiger partial charge in [-0.2, -0.15) is 0 Å². The molecule has 2 fully saturated rings. The number of allylic oxidation sites excluding steroid dienone is 2. The van der Waals surface area contributed by atoms with Gasteiger partial charge in [0.25, 0.3) is 0 Å². The SMILES string of the molecule is O=C(O)CC/C=C\CCC1[C@@H](OCc2ccc(-c3ccccc3)cc2)C[C@H](O)[C@@H]1N1CCCCC1. The molecular formula is C30H39NO4. The van der Waals surface area contributed by atoms with Crippen molar-refractivity contribution >= 4 is 5.97 Å². The molecule has 0 bridgehead atoms. The van der Waals surface area contributed by atoms with Crippen LogP contribution in [0.4, 0.5) is 0 Å². The van der Waals surface area contributed by atoms with Crippen LogP contribution in [0.3, 0.4) is 0 Å². The summed E-state index contributed by atoms with van der Waals surface area (Å²) in [5, 5.41) is 19.9. The molecule has 0 radical (unpaired) electrons. The Kier molecular flexibility index (Phi) is 9.52. The zero-order valence-electron chi connectivity index (χ0n) is 20.6. The van der Waals surface area contributed by atoms with Crippen LogP contribution in [0.25, 0.3) is 11.1 Å². The highest BCUT2D eigenvalue weighted by molar-refractivity contribution is 5.66. The molecule has 4 rings (SSSR count). The van der Waals surface area contributed by atoms with Crippen molar-refractivity contribution in [2.45, 2.75) is 76.2 Å². The lowest BCUT2D eigenvalue weighted by Gasteiger charge is -2.38. The third-order valence-electron chi connectivity index (χ3n) is 7.48. The third kappa shape index (κ3) is 7.26. The zero-order chi connectivity index (χ0) is 24.5. The van der Waals surface area contributed by atoms with Gasteiger partial charge < -0.3 is 14.9 Å². The van der Waals surface area contributed by atoms with E-state index in [9.17, 15) is 9.90 Å². The second kappa shape index (κ2) is 13.0. The van der Waals surface area contributed by atoms with Gasteiger partial charge in [0.1, 0.15) is 0 Å². The molecule has 2 N–H and O–H groups in total. The molecule has 0 amide bonds. The van der Waals surface area contributed by atoms with Crippen LogP contribution in [0.5, 0.6) is 0 Å². The van der Waals surface area contributed by atoms with Crippen molar-refractivity contribution in [3.05, 3.63) is 72.3 Å². The van der Waals surface area contributed by atoms with Gasteiger partial charge >= 0.3 is 5.97 Å². The maximum absolute atomic E-state index is 11.0. The molecule has 1 aliphatic heterocycles. The summed E-state index contributed by atoms with van der Waals surface area (Å²) in [6, 6.07) is 19.1. The molecule has 5 nitrogen and oxygen atoms in total. The van der Waals surface area contributed by atoms with Crippen molar-refractivity contribution in [1.82, 2.24) is 4.90 Å². The lowest BCUT2D eigenvalue weighted by molar-refractivity contribution is -0.136. The molecule has 35 heavy (non-hydrogen) atoms. The largest absolute Gasteiger partial charge is 0.481 e. The highest BCUT2D eigenvalue weighted by atomic mass is 16.5.